The largest absolute Gasteiger partial charge is 0.361 e. The van der Waals surface area contributed by atoms with Gasteiger partial charge in [-0.1, -0.05) is 29.8 Å². The Hall–Kier alpha value is -2.10. The molecule has 22 heavy (non-hydrogen) atoms. The molecule has 0 bridgehead atoms. The molecule has 3 rings (SSSR count). The average molecular weight is 298 g/mol. The van der Waals surface area contributed by atoms with Crippen LogP contribution in [0.2, 0.25) is 0 Å². The van der Waals surface area contributed by atoms with Crippen molar-refractivity contribution in [2.75, 3.05) is 6.54 Å². The van der Waals surface area contributed by atoms with Crippen molar-refractivity contribution in [3.63, 3.8) is 0 Å². The number of carbonyl (C=O) groups is 1. The molecule has 2 aromatic rings. The molecule has 1 saturated heterocycles. The molecule has 1 fully saturated rings. The molecule has 116 valence electrons. The van der Waals surface area contributed by atoms with Crippen LogP contribution in [-0.2, 0) is 6.42 Å². The van der Waals surface area contributed by atoms with Crippen LogP contribution < -0.4 is 0 Å². The minimum atomic E-state index is 0.0926. The smallest absolute Gasteiger partial charge is 0.254 e. The molecule has 2 heterocycles. The molecule has 1 unspecified atom stereocenters. The lowest BCUT2D eigenvalue weighted by atomic mass is 10.0. The Morgan fingerprint density at radius 2 is 2.05 bits per heavy atom. The summed E-state index contributed by atoms with van der Waals surface area (Å²) in [6, 6.07) is 7.89. The summed E-state index contributed by atoms with van der Waals surface area (Å²) in [5, 5.41) is 4.10. The van der Waals surface area contributed by atoms with Gasteiger partial charge in [-0.25, -0.2) is 0 Å². The van der Waals surface area contributed by atoms with Crippen LogP contribution in [0.15, 0.2) is 28.8 Å². The van der Waals surface area contributed by atoms with Crippen LogP contribution in [0.5, 0.6) is 0 Å². The molecule has 1 aliphatic heterocycles. The second-order valence-corrected chi connectivity index (χ2v) is 5.98. The SMILES string of the molecule is CCc1onc(C)c1C1CCCN1C(=O)c1ccc(C)cc1. The number of amides is 1. The summed E-state index contributed by atoms with van der Waals surface area (Å²) in [6.07, 6.45) is 2.81. The monoisotopic (exact) mass is 298 g/mol. The number of aromatic nitrogens is 1. The third-order valence-electron chi connectivity index (χ3n) is 4.45. The summed E-state index contributed by atoms with van der Waals surface area (Å²) < 4.78 is 5.42. The van der Waals surface area contributed by atoms with Gasteiger partial charge in [0.2, 0.25) is 0 Å². The minimum absolute atomic E-state index is 0.0926. The third-order valence-corrected chi connectivity index (χ3v) is 4.45. The number of benzene rings is 1. The van der Waals surface area contributed by atoms with Crippen LogP contribution >= 0.6 is 0 Å². The molecule has 0 spiro atoms. The molecule has 0 radical (unpaired) electrons. The van der Waals surface area contributed by atoms with E-state index in [9.17, 15) is 4.79 Å². The second-order valence-electron chi connectivity index (χ2n) is 5.98. The molecule has 1 aliphatic rings. The van der Waals surface area contributed by atoms with E-state index in [0.717, 1.165) is 54.0 Å². The number of aryl methyl sites for hydroxylation is 3. The number of likely N-dealkylation sites (tertiary alicyclic amines) is 1. The van der Waals surface area contributed by atoms with Crippen molar-refractivity contribution in [2.24, 2.45) is 0 Å². The molecular weight excluding hydrogens is 276 g/mol. The lowest BCUT2D eigenvalue weighted by Crippen LogP contribution is -2.31. The number of nitrogens with zero attached hydrogens (tertiary/aromatic N) is 2. The van der Waals surface area contributed by atoms with E-state index in [1.807, 2.05) is 43.0 Å². The lowest BCUT2D eigenvalue weighted by Gasteiger charge is -2.25. The van der Waals surface area contributed by atoms with Gasteiger partial charge in [0, 0.05) is 24.1 Å². The first-order valence-electron chi connectivity index (χ1n) is 7.94. The zero-order chi connectivity index (χ0) is 15.7. The summed E-state index contributed by atoms with van der Waals surface area (Å²) in [5.41, 5.74) is 3.94. The predicted molar refractivity (Wildman–Crippen MR) is 84.8 cm³/mol. The normalized spacial score (nSPS) is 18.0. The fourth-order valence-corrected chi connectivity index (χ4v) is 3.28. The molecular formula is C18H22N2O2. The standard InChI is InChI=1S/C18H22N2O2/c1-4-16-17(13(3)19-22-16)15-6-5-11-20(15)18(21)14-9-7-12(2)8-10-14/h7-10,15H,4-6,11H2,1-3H3. The lowest BCUT2D eigenvalue weighted by molar-refractivity contribution is 0.0734. The van der Waals surface area contributed by atoms with Crippen molar-refractivity contribution < 1.29 is 9.32 Å². The van der Waals surface area contributed by atoms with Gasteiger partial charge in [-0.3, -0.25) is 4.79 Å². The van der Waals surface area contributed by atoms with E-state index in [2.05, 4.69) is 12.1 Å². The second kappa shape index (κ2) is 5.95. The van der Waals surface area contributed by atoms with Gasteiger partial charge >= 0.3 is 0 Å². The third kappa shape index (κ3) is 2.54. The predicted octanol–water partition coefficient (Wildman–Crippen LogP) is 3.83. The van der Waals surface area contributed by atoms with E-state index in [1.165, 1.54) is 0 Å². The maximum absolute atomic E-state index is 12.8. The molecule has 1 aromatic heterocycles. The summed E-state index contributed by atoms with van der Waals surface area (Å²) in [5.74, 6) is 1.01. The quantitative estimate of drug-likeness (QED) is 0.865. The van der Waals surface area contributed by atoms with E-state index < -0.39 is 0 Å². The van der Waals surface area contributed by atoms with Gasteiger partial charge in [-0.05, 0) is 38.8 Å². The van der Waals surface area contributed by atoms with Crippen molar-refractivity contribution in [3.05, 3.63) is 52.4 Å². The summed E-state index contributed by atoms with van der Waals surface area (Å²) in [7, 11) is 0. The summed E-state index contributed by atoms with van der Waals surface area (Å²) in [4.78, 5) is 14.8. The molecule has 1 amide bonds. The van der Waals surface area contributed by atoms with Crippen molar-refractivity contribution in [1.29, 1.82) is 0 Å². The van der Waals surface area contributed by atoms with Gasteiger partial charge in [0.15, 0.2) is 0 Å². The number of rotatable bonds is 3. The summed E-state index contributed by atoms with van der Waals surface area (Å²) in [6.45, 7) is 6.85. The fourth-order valence-electron chi connectivity index (χ4n) is 3.28. The first-order valence-corrected chi connectivity index (χ1v) is 7.94. The fraction of sp³-hybridized carbons (Fsp3) is 0.444. The molecule has 0 N–H and O–H groups in total. The molecule has 4 heteroatoms. The zero-order valence-electron chi connectivity index (χ0n) is 13.4. The Kier molecular flexibility index (Phi) is 4.01. The van der Waals surface area contributed by atoms with E-state index in [1.54, 1.807) is 0 Å². The Labute approximate surface area is 131 Å². The molecule has 0 saturated carbocycles. The first-order chi connectivity index (χ1) is 10.6. The van der Waals surface area contributed by atoms with Gasteiger partial charge < -0.3 is 9.42 Å². The Morgan fingerprint density at radius 3 is 2.73 bits per heavy atom. The summed E-state index contributed by atoms with van der Waals surface area (Å²) >= 11 is 0. The van der Waals surface area contributed by atoms with Crippen LogP contribution in [0.25, 0.3) is 0 Å². The van der Waals surface area contributed by atoms with E-state index in [0.29, 0.717) is 0 Å². The van der Waals surface area contributed by atoms with Crippen molar-refractivity contribution in [3.8, 4) is 0 Å². The minimum Gasteiger partial charge on any atom is -0.361 e. The van der Waals surface area contributed by atoms with E-state index >= 15 is 0 Å². The maximum Gasteiger partial charge on any atom is 0.254 e. The van der Waals surface area contributed by atoms with Crippen LogP contribution in [-0.4, -0.2) is 22.5 Å². The van der Waals surface area contributed by atoms with Crippen LogP contribution in [0, 0.1) is 13.8 Å². The van der Waals surface area contributed by atoms with Crippen molar-refractivity contribution in [2.45, 2.75) is 46.1 Å². The average Bonchev–Trinajstić information content (AvgIpc) is 3.13. The maximum atomic E-state index is 12.8. The molecule has 1 atom stereocenters. The van der Waals surface area contributed by atoms with Crippen molar-refractivity contribution in [1.82, 2.24) is 10.1 Å². The number of hydrogen-bond donors (Lipinski definition) is 0. The number of carbonyl (C=O) groups excluding carboxylic acids is 1. The van der Waals surface area contributed by atoms with Crippen LogP contribution in [0.3, 0.4) is 0 Å². The highest BCUT2D eigenvalue weighted by atomic mass is 16.5. The Bertz CT molecular complexity index is 673. The van der Waals surface area contributed by atoms with Gasteiger partial charge in [0.05, 0.1) is 11.7 Å². The number of hydrogen-bond acceptors (Lipinski definition) is 3. The highest BCUT2D eigenvalue weighted by Gasteiger charge is 2.34. The topological polar surface area (TPSA) is 46.3 Å². The van der Waals surface area contributed by atoms with Gasteiger partial charge in [0.1, 0.15) is 5.76 Å². The molecule has 4 nitrogen and oxygen atoms in total. The first kappa shape index (κ1) is 14.8. The highest BCUT2D eigenvalue weighted by molar-refractivity contribution is 5.94. The Balaban J connectivity index is 1.91. The van der Waals surface area contributed by atoms with Gasteiger partial charge in [-0.2, -0.15) is 0 Å². The molecule has 1 aromatic carbocycles. The van der Waals surface area contributed by atoms with Crippen LogP contribution in [0.1, 0.15) is 58.7 Å². The van der Waals surface area contributed by atoms with E-state index in [-0.39, 0.29) is 11.9 Å². The van der Waals surface area contributed by atoms with Crippen LogP contribution in [0.4, 0.5) is 0 Å². The van der Waals surface area contributed by atoms with Gasteiger partial charge in [-0.15, -0.1) is 0 Å². The van der Waals surface area contributed by atoms with E-state index in [4.69, 9.17) is 4.52 Å². The van der Waals surface area contributed by atoms with Crippen molar-refractivity contribution >= 4 is 5.91 Å². The molecule has 0 aliphatic carbocycles. The zero-order valence-corrected chi connectivity index (χ0v) is 13.4. The highest BCUT2D eigenvalue weighted by Crippen LogP contribution is 2.36. The van der Waals surface area contributed by atoms with Gasteiger partial charge in [0.25, 0.3) is 5.91 Å². The Morgan fingerprint density at radius 1 is 1.32 bits per heavy atom.